The van der Waals surface area contributed by atoms with Gasteiger partial charge in [-0.2, -0.15) is 0 Å². The third-order valence-electron chi connectivity index (χ3n) is 8.38. The SMILES string of the molecule is N/C(=C\C(=NCc1cccc(-n2c3ccccc3c3ccc4c5ccccc5[nH]c4c32)c1)c1ccccc1)c1ccccc1. The average molecular weight is 567 g/mol. The molecule has 210 valence electrons. The van der Waals surface area contributed by atoms with E-state index >= 15 is 0 Å². The number of hydrogen-bond acceptors (Lipinski definition) is 2. The van der Waals surface area contributed by atoms with Crippen LogP contribution in [-0.4, -0.2) is 15.3 Å². The zero-order chi connectivity index (χ0) is 29.5. The fraction of sp³-hybridized carbons (Fsp3) is 0.0250. The van der Waals surface area contributed by atoms with E-state index in [4.69, 9.17) is 10.7 Å². The van der Waals surface area contributed by atoms with E-state index in [1.54, 1.807) is 0 Å². The number of aromatic amines is 1. The van der Waals surface area contributed by atoms with Crippen molar-refractivity contribution in [2.45, 2.75) is 6.54 Å². The molecule has 8 aromatic rings. The first-order valence-electron chi connectivity index (χ1n) is 14.9. The molecule has 6 aromatic carbocycles. The Morgan fingerprint density at radius 1 is 0.636 bits per heavy atom. The quantitative estimate of drug-likeness (QED) is 0.194. The fourth-order valence-corrected chi connectivity index (χ4v) is 6.30. The molecule has 0 amide bonds. The van der Waals surface area contributed by atoms with E-state index in [1.807, 2.05) is 54.6 Å². The van der Waals surface area contributed by atoms with Gasteiger partial charge in [0.15, 0.2) is 0 Å². The summed E-state index contributed by atoms with van der Waals surface area (Å²) in [6.07, 6.45) is 1.98. The normalized spacial score (nSPS) is 12.5. The second kappa shape index (κ2) is 10.8. The van der Waals surface area contributed by atoms with Crippen molar-refractivity contribution in [1.82, 2.24) is 9.55 Å². The number of rotatable bonds is 6. The third kappa shape index (κ3) is 4.45. The van der Waals surface area contributed by atoms with Crippen LogP contribution in [0, 0.1) is 0 Å². The molecule has 0 bridgehead atoms. The molecule has 0 aliphatic carbocycles. The second-order valence-electron chi connectivity index (χ2n) is 11.1. The number of para-hydroxylation sites is 2. The van der Waals surface area contributed by atoms with Gasteiger partial charge in [0.05, 0.1) is 28.8 Å². The highest BCUT2D eigenvalue weighted by molar-refractivity contribution is 6.22. The molecule has 4 nitrogen and oxygen atoms in total. The molecular formula is C40H30N4. The van der Waals surface area contributed by atoms with Gasteiger partial charge in [-0.05, 0) is 47.0 Å². The molecular weight excluding hydrogens is 536 g/mol. The Balaban J connectivity index is 1.26. The molecule has 0 saturated carbocycles. The van der Waals surface area contributed by atoms with Gasteiger partial charge in [0.2, 0.25) is 0 Å². The molecule has 2 aromatic heterocycles. The third-order valence-corrected chi connectivity index (χ3v) is 8.38. The number of allylic oxidation sites excluding steroid dienone is 1. The molecule has 0 saturated heterocycles. The van der Waals surface area contributed by atoms with E-state index in [9.17, 15) is 0 Å². The van der Waals surface area contributed by atoms with E-state index < -0.39 is 0 Å². The van der Waals surface area contributed by atoms with Gasteiger partial charge in [0, 0.05) is 38.4 Å². The zero-order valence-corrected chi connectivity index (χ0v) is 24.1. The summed E-state index contributed by atoms with van der Waals surface area (Å²) in [6.45, 7) is 0.523. The largest absolute Gasteiger partial charge is 0.398 e. The number of H-pyrrole nitrogens is 1. The first-order chi connectivity index (χ1) is 21.7. The molecule has 4 heteroatoms. The van der Waals surface area contributed by atoms with Crippen molar-refractivity contribution < 1.29 is 0 Å². The highest BCUT2D eigenvalue weighted by Crippen LogP contribution is 2.38. The molecule has 8 rings (SSSR count). The molecule has 0 radical (unpaired) electrons. The van der Waals surface area contributed by atoms with Crippen LogP contribution in [-0.2, 0) is 6.54 Å². The maximum absolute atomic E-state index is 6.54. The summed E-state index contributed by atoms with van der Waals surface area (Å²) in [7, 11) is 0. The van der Waals surface area contributed by atoms with Gasteiger partial charge in [-0.1, -0.05) is 121 Å². The summed E-state index contributed by atoms with van der Waals surface area (Å²) in [5.74, 6) is 0. The van der Waals surface area contributed by atoms with Gasteiger partial charge in [-0.3, -0.25) is 4.99 Å². The fourth-order valence-electron chi connectivity index (χ4n) is 6.30. The van der Waals surface area contributed by atoms with Gasteiger partial charge in [0.1, 0.15) is 0 Å². The van der Waals surface area contributed by atoms with Crippen LogP contribution >= 0.6 is 0 Å². The molecule has 44 heavy (non-hydrogen) atoms. The minimum absolute atomic E-state index is 0.523. The topological polar surface area (TPSA) is 59.1 Å². The van der Waals surface area contributed by atoms with E-state index in [-0.39, 0.29) is 0 Å². The van der Waals surface area contributed by atoms with E-state index in [0.717, 1.165) is 39.1 Å². The van der Waals surface area contributed by atoms with Crippen LogP contribution in [0.4, 0.5) is 0 Å². The van der Waals surface area contributed by atoms with Crippen molar-refractivity contribution in [2.75, 3.05) is 0 Å². The van der Waals surface area contributed by atoms with Crippen LogP contribution in [0.2, 0.25) is 0 Å². The molecule has 0 atom stereocenters. The summed E-state index contributed by atoms with van der Waals surface area (Å²) >= 11 is 0. The van der Waals surface area contributed by atoms with Crippen LogP contribution < -0.4 is 5.73 Å². The molecule has 3 N–H and O–H groups in total. The Bertz CT molecular complexity index is 2360. The van der Waals surface area contributed by atoms with Crippen molar-refractivity contribution in [2.24, 2.45) is 10.7 Å². The summed E-state index contributed by atoms with van der Waals surface area (Å²) in [4.78, 5) is 8.84. The molecule has 2 heterocycles. The highest BCUT2D eigenvalue weighted by Gasteiger charge is 2.17. The Morgan fingerprint density at radius 3 is 2.14 bits per heavy atom. The van der Waals surface area contributed by atoms with Crippen LogP contribution in [0.15, 0.2) is 157 Å². The Labute approximate surface area is 255 Å². The predicted octanol–water partition coefficient (Wildman–Crippen LogP) is 9.41. The number of nitrogens with two attached hydrogens (primary N) is 1. The lowest BCUT2D eigenvalue weighted by Crippen LogP contribution is -2.04. The average Bonchev–Trinajstić information content (AvgIpc) is 3.63. The lowest BCUT2D eigenvalue weighted by molar-refractivity contribution is 1.06. The maximum atomic E-state index is 6.54. The summed E-state index contributed by atoms with van der Waals surface area (Å²) < 4.78 is 2.39. The van der Waals surface area contributed by atoms with E-state index in [1.165, 1.54) is 32.6 Å². The van der Waals surface area contributed by atoms with Crippen LogP contribution in [0.5, 0.6) is 0 Å². The standard InChI is InChI=1S/C40H30N4/c41-35(28-13-3-1-4-14-28)25-37(29-15-5-2-6-16-29)42-26-27-12-11-17-30(24-27)44-38-21-10-8-19-32(38)34-23-22-33-31-18-7-9-20-36(31)43-39(33)40(34)44/h1-25,43H,26,41H2/b35-25-,42-37?. The van der Waals surface area contributed by atoms with Gasteiger partial charge >= 0.3 is 0 Å². The van der Waals surface area contributed by atoms with Crippen LogP contribution in [0.3, 0.4) is 0 Å². The van der Waals surface area contributed by atoms with Crippen molar-refractivity contribution in [1.29, 1.82) is 0 Å². The Kier molecular flexibility index (Phi) is 6.31. The van der Waals surface area contributed by atoms with Crippen molar-refractivity contribution >= 4 is 55.0 Å². The number of hydrogen-bond donors (Lipinski definition) is 2. The summed E-state index contributed by atoms with van der Waals surface area (Å²) in [5, 5.41) is 4.93. The zero-order valence-electron chi connectivity index (χ0n) is 24.1. The number of nitrogens with zero attached hydrogens (tertiary/aromatic N) is 2. The molecule has 0 aliphatic rings. The van der Waals surface area contributed by atoms with Gasteiger partial charge in [-0.15, -0.1) is 0 Å². The van der Waals surface area contributed by atoms with Crippen molar-refractivity contribution in [3.05, 3.63) is 168 Å². The lowest BCUT2D eigenvalue weighted by atomic mass is 10.1. The molecule has 0 fully saturated rings. The van der Waals surface area contributed by atoms with E-state index in [0.29, 0.717) is 12.2 Å². The van der Waals surface area contributed by atoms with Gasteiger partial charge in [-0.25, -0.2) is 0 Å². The van der Waals surface area contributed by atoms with Gasteiger partial charge < -0.3 is 15.3 Å². The van der Waals surface area contributed by atoms with Gasteiger partial charge in [0.25, 0.3) is 0 Å². The maximum Gasteiger partial charge on any atom is 0.0783 e. The molecule has 0 unspecified atom stereocenters. The summed E-state index contributed by atoms with van der Waals surface area (Å²) in [6, 6.07) is 50.7. The Morgan fingerprint density at radius 2 is 1.32 bits per heavy atom. The Hall–Kier alpha value is -5.87. The van der Waals surface area contributed by atoms with Crippen LogP contribution in [0.25, 0.3) is 55.0 Å². The number of fused-ring (bicyclic) bond motifs is 7. The van der Waals surface area contributed by atoms with E-state index in [2.05, 4.69) is 107 Å². The number of aliphatic imine (C=N–C) groups is 1. The predicted molar refractivity (Wildman–Crippen MR) is 185 cm³/mol. The number of benzene rings is 6. The van der Waals surface area contributed by atoms with Crippen molar-refractivity contribution in [3.8, 4) is 5.69 Å². The number of nitrogens with one attached hydrogen (secondary N) is 1. The van der Waals surface area contributed by atoms with Crippen molar-refractivity contribution in [3.63, 3.8) is 0 Å². The first kappa shape index (κ1) is 25.8. The molecule has 0 aliphatic heterocycles. The smallest absolute Gasteiger partial charge is 0.0783 e. The second-order valence-corrected chi connectivity index (χ2v) is 11.1. The monoisotopic (exact) mass is 566 g/mol. The lowest BCUT2D eigenvalue weighted by Gasteiger charge is -2.11. The summed E-state index contributed by atoms with van der Waals surface area (Å²) in [5.41, 5.74) is 17.0. The number of aromatic nitrogens is 2. The minimum Gasteiger partial charge on any atom is -0.398 e. The highest BCUT2D eigenvalue weighted by atomic mass is 15.0. The minimum atomic E-state index is 0.523. The molecule has 0 spiro atoms. The van der Waals surface area contributed by atoms with Crippen LogP contribution in [0.1, 0.15) is 16.7 Å². The first-order valence-corrected chi connectivity index (χ1v) is 14.9.